The van der Waals surface area contributed by atoms with Crippen molar-refractivity contribution in [1.29, 1.82) is 0 Å². The highest BCUT2D eigenvalue weighted by Gasteiger charge is 2.23. The van der Waals surface area contributed by atoms with Crippen LogP contribution in [0.3, 0.4) is 0 Å². The van der Waals surface area contributed by atoms with Gasteiger partial charge in [-0.3, -0.25) is 0 Å². The number of hydrogen-bond donors (Lipinski definition) is 1. The van der Waals surface area contributed by atoms with Crippen LogP contribution >= 0.6 is 0 Å². The maximum Gasteiger partial charge on any atom is 0.160 e. The molecule has 0 aliphatic carbocycles. The zero-order valence-electron chi connectivity index (χ0n) is 19.6. The third kappa shape index (κ3) is 5.92. The third-order valence-electron chi connectivity index (χ3n) is 5.62. The van der Waals surface area contributed by atoms with Gasteiger partial charge in [-0.05, 0) is 73.3 Å². The van der Waals surface area contributed by atoms with Crippen LogP contribution in [0.25, 0.3) is 12.2 Å². The van der Waals surface area contributed by atoms with E-state index in [1.54, 1.807) is 21.3 Å². The van der Waals surface area contributed by atoms with Crippen molar-refractivity contribution in [3.05, 3.63) is 89.0 Å². The number of nitrogens with one attached hydrogen (secondary N) is 1. The number of benzene rings is 3. The van der Waals surface area contributed by atoms with Crippen LogP contribution in [0.5, 0.6) is 17.2 Å². The zero-order chi connectivity index (χ0) is 23.0. The standard InChI is InChI=1S/C28H33NO3/c1-28(2,29-18-17-22-12-16-26(31-4)27(19-22)32-5)25-20-24(30-3)15-14-23(25)13-11-21-9-7-6-8-10-21/h6-16,19-20,29H,17-18H2,1-5H3/b13-11-. The zero-order valence-corrected chi connectivity index (χ0v) is 19.6. The second-order valence-electron chi connectivity index (χ2n) is 8.19. The molecule has 0 saturated heterocycles. The molecule has 4 nitrogen and oxygen atoms in total. The number of methoxy groups -OCH3 is 3. The van der Waals surface area contributed by atoms with Gasteiger partial charge >= 0.3 is 0 Å². The first-order valence-corrected chi connectivity index (χ1v) is 10.8. The van der Waals surface area contributed by atoms with Gasteiger partial charge < -0.3 is 19.5 Å². The van der Waals surface area contributed by atoms with Gasteiger partial charge in [0.15, 0.2) is 11.5 Å². The van der Waals surface area contributed by atoms with Gasteiger partial charge in [-0.2, -0.15) is 0 Å². The van der Waals surface area contributed by atoms with Gasteiger partial charge in [0.2, 0.25) is 0 Å². The Kier molecular flexibility index (Phi) is 7.96. The smallest absolute Gasteiger partial charge is 0.160 e. The number of rotatable bonds is 10. The molecule has 0 saturated carbocycles. The summed E-state index contributed by atoms with van der Waals surface area (Å²) in [7, 11) is 5.02. The molecule has 0 atom stereocenters. The third-order valence-corrected chi connectivity index (χ3v) is 5.62. The molecule has 0 fully saturated rings. The number of ether oxygens (including phenoxy) is 3. The quantitative estimate of drug-likeness (QED) is 0.403. The summed E-state index contributed by atoms with van der Waals surface area (Å²) in [5.41, 5.74) is 4.48. The topological polar surface area (TPSA) is 39.7 Å². The van der Waals surface area contributed by atoms with Crippen molar-refractivity contribution in [2.45, 2.75) is 25.8 Å². The highest BCUT2D eigenvalue weighted by molar-refractivity contribution is 5.72. The van der Waals surface area contributed by atoms with E-state index in [2.05, 4.69) is 61.6 Å². The van der Waals surface area contributed by atoms with Crippen molar-refractivity contribution >= 4 is 12.2 Å². The lowest BCUT2D eigenvalue weighted by Gasteiger charge is -2.29. The van der Waals surface area contributed by atoms with Crippen molar-refractivity contribution in [2.24, 2.45) is 0 Å². The van der Waals surface area contributed by atoms with Gasteiger partial charge in [-0.15, -0.1) is 0 Å². The van der Waals surface area contributed by atoms with Gasteiger partial charge in [0, 0.05) is 5.54 Å². The summed E-state index contributed by atoms with van der Waals surface area (Å²) in [4.78, 5) is 0. The fraction of sp³-hybridized carbons (Fsp3) is 0.286. The summed E-state index contributed by atoms with van der Waals surface area (Å²) in [6.07, 6.45) is 5.19. The van der Waals surface area contributed by atoms with Crippen molar-refractivity contribution in [3.63, 3.8) is 0 Å². The monoisotopic (exact) mass is 431 g/mol. The van der Waals surface area contributed by atoms with E-state index >= 15 is 0 Å². The summed E-state index contributed by atoms with van der Waals surface area (Å²) in [6, 6.07) is 22.6. The molecular formula is C28H33NO3. The van der Waals surface area contributed by atoms with E-state index in [0.29, 0.717) is 0 Å². The van der Waals surface area contributed by atoms with Gasteiger partial charge in [-0.25, -0.2) is 0 Å². The molecule has 0 aromatic heterocycles. The first-order chi connectivity index (χ1) is 15.5. The molecule has 3 aromatic carbocycles. The molecule has 0 amide bonds. The van der Waals surface area contributed by atoms with E-state index in [1.807, 2.05) is 36.4 Å². The Labute approximate surface area is 191 Å². The van der Waals surface area contributed by atoms with Crippen LogP contribution in [0.1, 0.15) is 36.1 Å². The van der Waals surface area contributed by atoms with Crippen molar-refractivity contribution < 1.29 is 14.2 Å². The SMILES string of the molecule is COc1ccc(/C=C\c2ccccc2)c(C(C)(C)NCCc2ccc(OC)c(OC)c2)c1. The van der Waals surface area contributed by atoms with Crippen LogP contribution in [0, 0.1) is 0 Å². The lowest BCUT2D eigenvalue weighted by atomic mass is 9.89. The highest BCUT2D eigenvalue weighted by atomic mass is 16.5. The Morgan fingerprint density at radius 2 is 1.53 bits per heavy atom. The normalized spacial score (nSPS) is 11.5. The van der Waals surface area contributed by atoms with Crippen LogP contribution in [0.4, 0.5) is 0 Å². The molecule has 0 heterocycles. The minimum atomic E-state index is -0.249. The molecule has 1 N–H and O–H groups in total. The maximum atomic E-state index is 5.51. The van der Waals surface area contributed by atoms with Crippen LogP contribution in [-0.2, 0) is 12.0 Å². The van der Waals surface area contributed by atoms with E-state index in [1.165, 1.54) is 22.3 Å². The highest BCUT2D eigenvalue weighted by Crippen LogP contribution is 2.30. The summed E-state index contributed by atoms with van der Waals surface area (Å²) < 4.78 is 16.3. The Hall–Kier alpha value is -3.24. The van der Waals surface area contributed by atoms with Crippen molar-refractivity contribution in [2.75, 3.05) is 27.9 Å². The molecule has 3 rings (SSSR count). The fourth-order valence-corrected chi connectivity index (χ4v) is 3.75. The molecule has 0 bridgehead atoms. The first kappa shape index (κ1) is 23.4. The molecule has 0 aliphatic heterocycles. The minimum absolute atomic E-state index is 0.249. The van der Waals surface area contributed by atoms with Crippen LogP contribution in [-0.4, -0.2) is 27.9 Å². The second-order valence-corrected chi connectivity index (χ2v) is 8.19. The van der Waals surface area contributed by atoms with Crippen molar-refractivity contribution in [1.82, 2.24) is 5.32 Å². The van der Waals surface area contributed by atoms with Gasteiger partial charge in [0.25, 0.3) is 0 Å². The van der Waals surface area contributed by atoms with Gasteiger partial charge in [0.05, 0.1) is 21.3 Å². The largest absolute Gasteiger partial charge is 0.497 e. The van der Waals surface area contributed by atoms with Crippen LogP contribution < -0.4 is 19.5 Å². The first-order valence-electron chi connectivity index (χ1n) is 10.8. The van der Waals surface area contributed by atoms with E-state index < -0.39 is 0 Å². The molecule has 0 radical (unpaired) electrons. The molecule has 0 aliphatic rings. The van der Waals surface area contributed by atoms with E-state index in [-0.39, 0.29) is 5.54 Å². The molecule has 168 valence electrons. The summed E-state index contributed by atoms with van der Waals surface area (Å²) in [6.45, 7) is 5.23. The Bertz CT molecular complexity index is 1040. The summed E-state index contributed by atoms with van der Waals surface area (Å²) in [5, 5.41) is 3.72. The Morgan fingerprint density at radius 3 is 2.22 bits per heavy atom. The van der Waals surface area contributed by atoms with Crippen molar-refractivity contribution in [3.8, 4) is 17.2 Å². The van der Waals surface area contributed by atoms with Crippen LogP contribution in [0.2, 0.25) is 0 Å². The van der Waals surface area contributed by atoms with Gasteiger partial charge in [0.1, 0.15) is 5.75 Å². The molecule has 32 heavy (non-hydrogen) atoms. The maximum absolute atomic E-state index is 5.51. The minimum Gasteiger partial charge on any atom is -0.497 e. The average molecular weight is 432 g/mol. The summed E-state index contributed by atoms with van der Waals surface area (Å²) >= 11 is 0. The second kappa shape index (κ2) is 10.9. The molecular weight excluding hydrogens is 398 g/mol. The predicted octanol–water partition coefficient (Wildman–Crippen LogP) is 5.95. The molecule has 0 unspecified atom stereocenters. The Balaban J connectivity index is 1.77. The van der Waals surface area contributed by atoms with Gasteiger partial charge in [-0.1, -0.05) is 54.6 Å². The number of hydrogen-bond acceptors (Lipinski definition) is 4. The lowest BCUT2D eigenvalue weighted by molar-refractivity contribution is 0.354. The predicted molar refractivity (Wildman–Crippen MR) is 133 cm³/mol. The van der Waals surface area contributed by atoms with E-state index in [0.717, 1.165) is 30.2 Å². The lowest BCUT2D eigenvalue weighted by Crippen LogP contribution is -2.38. The fourth-order valence-electron chi connectivity index (χ4n) is 3.75. The van der Waals surface area contributed by atoms with E-state index in [9.17, 15) is 0 Å². The average Bonchev–Trinajstić information content (AvgIpc) is 2.83. The molecule has 3 aromatic rings. The Morgan fingerprint density at radius 1 is 0.781 bits per heavy atom. The molecule has 4 heteroatoms. The molecule has 0 spiro atoms. The van der Waals surface area contributed by atoms with E-state index in [4.69, 9.17) is 14.2 Å². The summed E-state index contributed by atoms with van der Waals surface area (Å²) in [5.74, 6) is 2.35. The van der Waals surface area contributed by atoms with Crippen LogP contribution in [0.15, 0.2) is 66.7 Å².